The molecule has 0 saturated heterocycles. The first-order chi connectivity index (χ1) is 4.39. The largest absolute Gasteiger partial charge is 0.359 e. The van der Waals surface area contributed by atoms with Gasteiger partial charge in [-0.2, -0.15) is 0 Å². The third-order valence-corrected chi connectivity index (χ3v) is 1.76. The second-order valence-corrected chi connectivity index (χ2v) is 3.16. The van der Waals surface area contributed by atoms with Gasteiger partial charge >= 0.3 is 0 Å². The first-order valence-electron chi connectivity index (χ1n) is 3.40. The third kappa shape index (κ3) is 2.35. The van der Waals surface area contributed by atoms with E-state index in [2.05, 4.69) is 5.32 Å². The first kappa shape index (κ1) is 9.43. The first-order valence-corrected chi connectivity index (χ1v) is 3.40. The molecule has 1 atom stereocenters. The Hall–Kier alpha value is -0.570. The Morgan fingerprint density at radius 1 is 1.60 bits per heavy atom. The zero-order chi connectivity index (χ0) is 8.36. The summed E-state index contributed by atoms with van der Waals surface area (Å²) in [5.74, 6) is -0.148. The van der Waals surface area contributed by atoms with Crippen molar-refractivity contribution < 1.29 is 4.79 Å². The van der Waals surface area contributed by atoms with Crippen molar-refractivity contribution in [2.45, 2.75) is 26.3 Å². The lowest BCUT2D eigenvalue weighted by molar-refractivity contribution is -0.125. The number of nitrogens with two attached hydrogens (primary N) is 1. The van der Waals surface area contributed by atoms with E-state index in [1.54, 1.807) is 7.05 Å². The summed E-state index contributed by atoms with van der Waals surface area (Å²) < 4.78 is 0. The molecule has 1 amide bonds. The van der Waals surface area contributed by atoms with Crippen LogP contribution in [0.25, 0.3) is 0 Å². The number of carbonyl (C=O) groups is 1. The van der Waals surface area contributed by atoms with Crippen molar-refractivity contribution in [1.82, 2.24) is 5.32 Å². The normalized spacial score (nSPS) is 14.5. The summed E-state index contributed by atoms with van der Waals surface area (Å²) in [6.07, 6.45) is 0. The van der Waals surface area contributed by atoms with Crippen LogP contribution in [0.4, 0.5) is 0 Å². The molecule has 0 radical (unpaired) electrons. The van der Waals surface area contributed by atoms with Crippen molar-refractivity contribution in [3.05, 3.63) is 0 Å². The molecule has 0 aromatic carbocycles. The van der Waals surface area contributed by atoms with Crippen LogP contribution in [0.5, 0.6) is 0 Å². The lowest BCUT2D eigenvalue weighted by Crippen LogP contribution is -2.46. The highest BCUT2D eigenvalue weighted by atomic mass is 16.1. The summed E-state index contributed by atoms with van der Waals surface area (Å²) in [6, 6.07) is 0. The zero-order valence-corrected chi connectivity index (χ0v) is 7.06. The van der Waals surface area contributed by atoms with Crippen molar-refractivity contribution in [3.63, 3.8) is 0 Å². The van der Waals surface area contributed by atoms with E-state index in [9.17, 15) is 4.79 Å². The molecular weight excluding hydrogens is 128 g/mol. The van der Waals surface area contributed by atoms with Gasteiger partial charge in [0.2, 0.25) is 5.91 Å². The molecule has 3 N–H and O–H groups in total. The molecule has 3 heteroatoms. The van der Waals surface area contributed by atoms with E-state index in [1.165, 1.54) is 0 Å². The molecule has 3 nitrogen and oxygen atoms in total. The van der Waals surface area contributed by atoms with Crippen LogP contribution < -0.4 is 11.1 Å². The fourth-order valence-electron chi connectivity index (χ4n) is 0.554. The molecule has 0 unspecified atom stereocenters. The van der Waals surface area contributed by atoms with Gasteiger partial charge in [0.1, 0.15) is 0 Å². The molecule has 0 saturated carbocycles. The van der Waals surface area contributed by atoms with Crippen LogP contribution in [0.1, 0.15) is 20.8 Å². The standard InChI is InChI=1S/C7H16N2O/c1-5(6(10)9-4)7(2,3)8/h5H,8H2,1-4H3,(H,9,10)/t5-/m0/s1. The van der Waals surface area contributed by atoms with E-state index < -0.39 is 5.54 Å². The number of hydrogen-bond acceptors (Lipinski definition) is 2. The highest BCUT2D eigenvalue weighted by molar-refractivity contribution is 5.79. The number of carbonyl (C=O) groups excluding carboxylic acids is 1. The van der Waals surface area contributed by atoms with Gasteiger partial charge in [-0.1, -0.05) is 6.92 Å². The van der Waals surface area contributed by atoms with Gasteiger partial charge in [-0.3, -0.25) is 4.79 Å². The van der Waals surface area contributed by atoms with Gasteiger partial charge in [0.15, 0.2) is 0 Å². The third-order valence-electron chi connectivity index (χ3n) is 1.76. The topological polar surface area (TPSA) is 55.1 Å². The molecule has 0 spiro atoms. The smallest absolute Gasteiger partial charge is 0.224 e. The van der Waals surface area contributed by atoms with Crippen LogP contribution in [0, 0.1) is 5.92 Å². The van der Waals surface area contributed by atoms with E-state index in [4.69, 9.17) is 5.73 Å². The molecule has 0 aromatic heterocycles. The maximum absolute atomic E-state index is 11.0. The SMILES string of the molecule is CNC(=O)[C@H](C)C(C)(C)N. The van der Waals surface area contributed by atoms with Crippen molar-refractivity contribution in [1.29, 1.82) is 0 Å². The van der Waals surface area contributed by atoms with Gasteiger partial charge < -0.3 is 11.1 Å². The average Bonchev–Trinajstić information content (AvgIpc) is 1.83. The van der Waals surface area contributed by atoms with Crippen LogP contribution >= 0.6 is 0 Å². The van der Waals surface area contributed by atoms with Crippen LogP contribution in [0.15, 0.2) is 0 Å². The summed E-state index contributed by atoms with van der Waals surface area (Å²) in [4.78, 5) is 11.0. The molecule has 0 aromatic rings. The average molecular weight is 144 g/mol. The van der Waals surface area contributed by atoms with Crippen molar-refractivity contribution in [2.24, 2.45) is 11.7 Å². The summed E-state index contributed by atoms with van der Waals surface area (Å²) in [6.45, 7) is 5.50. The van der Waals surface area contributed by atoms with Crippen LogP contribution in [-0.4, -0.2) is 18.5 Å². The second kappa shape index (κ2) is 3.01. The molecule has 0 heterocycles. The monoisotopic (exact) mass is 144 g/mol. The van der Waals surface area contributed by atoms with Crippen LogP contribution in [-0.2, 0) is 4.79 Å². The minimum atomic E-state index is -0.430. The lowest BCUT2D eigenvalue weighted by atomic mass is 9.90. The number of hydrogen-bond donors (Lipinski definition) is 2. The van der Waals surface area contributed by atoms with Gasteiger partial charge in [-0.05, 0) is 13.8 Å². The van der Waals surface area contributed by atoms with Gasteiger partial charge in [-0.15, -0.1) is 0 Å². The molecule has 0 aliphatic heterocycles. The predicted molar refractivity (Wildman–Crippen MR) is 41.5 cm³/mol. The van der Waals surface area contributed by atoms with E-state index in [1.807, 2.05) is 20.8 Å². The van der Waals surface area contributed by atoms with E-state index in [-0.39, 0.29) is 11.8 Å². The fourth-order valence-corrected chi connectivity index (χ4v) is 0.554. The summed E-state index contributed by atoms with van der Waals surface area (Å²) in [5, 5.41) is 2.55. The summed E-state index contributed by atoms with van der Waals surface area (Å²) >= 11 is 0. The number of nitrogens with one attached hydrogen (secondary N) is 1. The highest BCUT2D eigenvalue weighted by Crippen LogP contribution is 2.11. The zero-order valence-electron chi connectivity index (χ0n) is 7.06. The Bertz CT molecular complexity index is 126. The summed E-state index contributed by atoms with van der Waals surface area (Å²) in [7, 11) is 1.62. The Labute approximate surface area is 62.0 Å². The Kier molecular flexibility index (Phi) is 2.84. The predicted octanol–water partition coefficient (Wildman–Crippen LogP) is 0.106. The molecule has 0 aliphatic rings. The number of rotatable bonds is 2. The molecule has 60 valence electrons. The Balaban J connectivity index is 4.08. The van der Waals surface area contributed by atoms with Crippen LogP contribution in [0.3, 0.4) is 0 Å². The van der Waals surface area contributed by atoms with E-state index in [0.29, 0.717) is 0 Å². The number of amides is 1. The lowest BCUT2D eigenvalue weighted by Gasteiger charge is -2.25. The highest BCUT2D eigenvalue weighted by Gasteiger charge is 2.25. The molecule has 0 rings (SSSR count). The Morgan fingerprint density at radius 3 is 2.10 bits per heavy atom. The van der Waals surface area contributed by atoms with Gasteiger partial charge in [0, 0.05) is 12.6 Å². The molecule has 0 fully saturated rings. The van der Waals surface area contributed by atoms with Gasteiger partial charge in [-0.25, -0.2) is 0 Å². The minimum Gasteiger partial charge on any atom is -0.359 e. The second-order valence-electron chi connectivity index (χ2n) is 3.16. The van der Waals surface area contributed by atoms with Gasteiger partial charge in [0.25, 0.3) is 0 Å². The van der Waals surface area contributed by atoms with Crippen molar-refractivity contribution in [3.8, 4) is 0 Å². The van der Waals surface area contributed by atoms with Crippen molar-refractivity contribution >= 4 is 5.91 Å². The fraction of sp³-hybridized carbons (Fsp3) is 0.857. The molecule has 0 aliphatic carbocycles. The molecule has 10 heavy (non-hydrogen) atoms. The molecule has 0 bridgehead atoms. The molecular formula is C7H16N2O. The van der Waals surface area contributed by atoms with E-state index in [0.717, 1.165) is 0 Å². The Morgan fingerprint density at radius 2 is 2.00 bits per heavy atom. The van der Waals surface area contributed by atoms with E-state index >= 15 is 0 Å². The quantitative estimate of drug-likeness (QED) is 0.577. The summed E-state index contributed by atoms with van der Waals surface area (Å²) in [5.41, 5.74) is 5.26. The van der Waals surface area contributed by atoms with Crippen LogP contribution in [0.2, 0.25) is 0 Å². The maximum atomic E-state index is 11.0. The van der Waals surface area contributed by atoms with Gasteiger partial charge in [0.05, 0.1) is 5.92 Å². The van der Waals surface area contributed by atoms with Crippen molar-refractivity contribution in [2.75, 3.05) is 7.05 Å². The maximum Gasteiger partial charge on any atom is 0.224 e. The minimum absolute atomic E-state index is 0.00694.